The number of nitrogens with one attached hydrogen (secondary N) is 1. The summed E-state index contributed by atoms with van der Waals surface area (Å²) in [5.41, 5.74) is 2.32. The molecule has 1 atom stereocenters. The van der Waals surface area contributed by atoms with E-state index in [1.54, 1.807) is 6.20 Å². The number of aliphatic hydroxyl groups excluding tert-OH is 1. The lowest BCUT2D eigenvalue weighted by Gasteiger charge is -2.14. The average molecular weight is 250 g/mol. The molecule has 0 aliphatic carbocycles. The number of nitrogens with zero attached hydrogens (tertiary/aromatic N) is 1. The Morgan fingerprint density at radius 3 is 2.83 bits per heavy atom. The van der Waals surface area contributed by atoms with Crippen molar-refractivity contribution in [1.29, 1.82) is 0 Å². The minimum Gasteiger partial charge on any atom is -0.392 e. The van der Waals surface area contributed by atoms with Gasteiger partial charge in [0.25, 0.3) is 0 Å². The molecule has 1 aromatic heterocycles. The molecule has 0 radical (unpaired) electrons. The summed E-state index contributed by atoms with van der Waals surface area (Å²) in [6.45, 7) is 6.40. The second kappa shape index (κ2) is 7.11. The minimum atomic E-state index is -0.562. The number of aryl methyl sites for hydroxylation is 1. The Morgan fingerprint density at radius 2 is 2.22 bits per heavy atom. The first kappa shape index (κ1) is 14.6. The molecule has 0 aliphatic rings. The molecule has 0 saturated heterocycles. The molecule has 0 spiro atoms. The van der Waals surface area contributed by atoms with Crippen LogP contribution in [-0.2, 0) is 11.2 Å². The van der Waals surface area contributed by atoms with Gasteiger partial charge in [-0.15, -0.1) is 0 Å². The third-order valence-corrected chi connectivity index (χ3v) is 3.02. The molecule has 18 heavy (non-hydrogen) atoms. The summed E-state index contributed by atoms with van der Waals surface area (Å²) in [6, 6.07) is 1.96. The SMILES string of the molecule is Cc1cnccc1CCNC(=O)CC(O)C(C)C. The topological polar surface area (TPSA) is 62.2 Å². The molecule has 100 valence electrons. The zero-order valence-corrected chi connectivity index (χ0v) is 11.3. The first-order valence-corrected chi connectivity index (χ1v) is 6.35. The zero-order chi connectivity index (χ0) is 13.5. The maximum atomic E-state index is 11.5. The van der Waals surface area contributed by atoms with Gasteiger partial charge in [-0.3, -0.25) is 9.78 Å². The van der Waals surface area contributed by atoms with Crippen LogP contribution in [0.1, 0.15) is 31.4 Å². The van der Waals surface area contributed by atoms with E-state index in [0.717, 1.165) is 12.0 Å². The summed E-state index contributed by atoms with van der Waals surface area (Å²) in [5.74, 6) is 0.0149. The number of carbonyl (C=O) groups excluding carboxylic acids is 1. The van der Waals surface area contributed by atoms with E-state index < -0.39 is 6.10 Å². The van der Waals surface area contributed by atoms with Crippen LogP contribution < -0.4 is 5.32 Å². The number of aliphatic hydroxyl groups is 1. The van der Waals surface area contributed by atoms with Gasteiger partial charge < -0.3 is 10.4 Å². The molecule has 1 heterocycles. The van der Waals surface area contributed by atoms with Crippen molar-refractivity contribution in [3.05, 3.63) is 29.6 Å². The van der Waals surface area contributed by atoms with Crippen LogP contribution in [0.2, 0.25) is 0 Å². The Labute approximate surface area is 108 Å². The average Bonchev–Trinajstić information content (AvgIpc) is 2.31. The van der Waals surface area contributed by atoms with E-state index in [1.807, 2.05) is 33.0 Å². The normalized spacial score (nSPS) is 12.5. The van der Waals surface area contributed by atoms with Crippen molar-refractivity contribution in [2.45, 2.75) is 39.7 Å². The third kappa shape index (κ3) is 4.84. The van der Waals surface area contributed by atoms with Gasteiger partial charge in [0.05, 0.1) is 12.5 Å². The van der Waals surface area contributed by atoms with Gasteiger partial charge in [0.2, 0.25) is 5.91 Å². The van der Waals surface area contributed by atoms with Gasteiger partial charge >= 0.3 is 0 Å². The second-order valence-electron chi connectivity index (χ2n) is 4.92. The number of aromatic nitrogens is 1. The maximum absolute atomic E-state index is 11.5. The predicted molar refractivity (Wildman–Crippen MR) is 71.1 cm³/mol. The van der Waals surface area contributed by atoms with Gasteiger partial charge in [-0.05, 0) is 36.5 Å². The van der Waals surface area contributed by atoms with E-state index in [-0.39, 0.29) is 18.2 Å². The molecule has 1 unspecified atom stereocenters. The molecule has 4 nitrogen and oxygen atoms in total. The molecule has 0 saturated carbocycles. The lowest BCUT2D eigenvalue weighted by atomic mass is 10.0. The van der Waals surface area contributed by atoms with E-state index in [1.165, 1.54) is 5.56 Å². The molecule has 1 rings (SSSR count). The Kier molecular flexibility index (Phi) is 5.78. The molecule has 1 aromatic rings. The van der Waals surface area contributed by atoms with E-state index in [4.69, 9.17) is 0 Å². The van der Waals surface area contributed by atoms with E-state index >= 15 is 0 Å². The standard InChI is InChI=1S/C14H22N2O2/c1-10(2)13(17)8-14(18)16-7-5-12-4-6-15-9-11(12)3/h4,6,9-10,13,17H,5,7-8H2,1-3H3,(H,16,18). The van der Waals surface area contributed by atoms with Crippen LogP contribution in [0.5, 0.6) is 0 Å². The van der Waals surface area contributed by atoms with Crippen LogP contribution in [0.3, 0.4) is 0 Å². The van der Waals surface area contributed by atoms with E-state index in [0.29, 0.717) is 6.54 Å². The minimum absolute atomic E-state index is 0.0945. The Bertz CT molecular complexity index is 391. The molecule has 1 amide bonds. The van der Waals surface area contributed by atoms with Crippen LogP contribution >= 0.6 is 0 Å². The van der Waals surface area contributed by atoms with Gasteiger partial charge in [0.1, 0.15) is 0 Å². The number of amides is 1. The number of hydrogen-bond acceptors (Lipinski definition) is 3. The fourth-order valence-corrected chi connectivity index (χ4v) is 1.62. The van der Waals surface area contributed by atoms with Crippen molar-refractivity contribution in [2.24, 2.45) is 5.92 Å². The highest BCUT2D eigenvalue weighted by Crippen LogP contribution is 2.06. The number of carbonyl (C=O) groups is 1. The van der Waals surface area contributed by atoms with Crippen LogP contribution in [0, 0.1) is 12.8 Å². The number of hydrogen-bond donors (Lipinski definition) is 2. The molecular formula is C14H22N2O2. The summed E-state index contributed by atoms with van der Waals surface area (Å²) in [7, 11) is 0. The molecule has 4 heteroatoms. The molecule has 0 fully saturated rings. The van der Waals surface area contributed by atoms with Crippen molar-refractivity contribution in [1.82, 2.24) is 10.3 Å². The van der Waals surface area contributed by atoms with Crippen molar-refractivity contribution in [3.63, 3.8) is 0 Å². The highest BCUT2D eigenvalue weighted by atomic mass is 16.3. The number of pyridine rings is 1. The van der Waals surface area contributed by atoms with Crippen LogP contribution in [-0.4, -0.2) is 28.6 Å². The van der Waals surface area contributed by atoms with Crippen LogP contribution in [0.4, 0.5) is 0 Å². The molecule has 2 N–H and O–H groups in total. The highest BCUT2D eigenvalue weighted by molar-refractivity contribution is 5.76. The van der Waals surface area contributed by atoms with Crippen molar-refractivity contribution >= 4 is 5.91 Å². The Balaban J connectivity index is 2.30. The molecule has 0 bridgehead atoms. The van der Waals surface area contributed by atoms with Gasteiger partial charge in [-0.25, -0.2) is 0 Å². The summed E-state index contributed by atoms with van der Waals surface area (Å²) < 4.78 is 0. The quantitative estimate of drug-likeness (QED) is 0.803. The second-order valence-corrected chi connectivity index (χ2v) is 4.92. The van der Waals surface area contributed by atoms with Crippen molar-refractivity contribution in [2.75, 3.05) is 6.54 Å². The largest absolute Gasteiger partial charge is 0.392 e. The predicted octanol–water partition coefficient (Wildman–Crippen LogP) is 1.46. The lowest BCUT2D eigenvalue weighted by Crippen LogP contribution is -2.31. The zero-order valence-electron chi connectivity index (χ0n) is 11.3. The van der Waals surface area contributed by atoms with Crippen LogP contribution in [0.25, 0.3) is 0 Å². The Morgan fingerprint density at radius 1 is 1.50 bits per heavy atom. The Hall–Kier alpha value is -1.42. The van der Waals surface area contributed by atoms with Gasteiger partial charge in [0, 0.05) is 18.9 Å². The maximum Gasteiger partial charge on any atom is 0.222 e. The lowest BCUT2D eigenvalue weighted by molar-refractivity contribution is -0.123. The van der Waals surface area contributed by atoms with Crippen molar-refractivity contribution in [3.8, 4) is 0 Å². The van der Waals surface area contributed by atoms with E-state index in [9.17, 15) is 9.90 Å². The fraction of sp³-hybridized carbons (Fsp3) is 0.571. The van der Waals surface area contributed by atoms with Gasteiger partial charge in [-0.1, -0.05) is 13.8 Å². The first-order valence-electron chi connectivity index (χ1n) is 6.35. The smallest absolute Gasteiger partial charge is 0.222 e. The molecule has 0 aliphatic heterocycles. The monoisotopic (exact) mass is 250 g/mol. The van der Waals surface area contributed by atoms with Crippen LogP contribution in [0.15, 0.2) is 18.5 Å². The van der Waals surface area contributed by atoms with Gasteiger partial charge in [-0.2, -0.15) is 0 Å². The fourth-order valence-electron chi connectivity index (χ4n) is 1.62. The van der Waals surface area contributed by atoms with Crippen molar-refractivity contribution < 1.29 is 9.90 Å². The summed E-state index contributed by atoms with van der Waals surface area (Å²) in [5, 5.41) is 12.4. The highest BCUT2D eigenvalue weighted by Gasteiger charge is 2.13. The van der Waals surface area contributed by atoms with E-state index in [2.05, 4.69) is 10.3 Å². The molecule has 0 aromatic carbocycles. The summed E-state index contributed by atoms with van der Waals surface area (Å²) >= 11 is 0. The third-order valence-electron chi connectivity index (χ3n) is 3.02. The summed E-state index contributed by atoms with van der Waals surface area (Å²) in [6.07, 6.45) is 3.98. The van der Waals surface area contributed by atoms with Gasteiger partial charge in [0.15, 0.2) is 0 Å². The summed E-state index contributed by atoms with van der Waals surface area (Å²) in [4.78, 5) is 15.6. The first-order chi connectivity index (χ1) is 8.50. The number of rotatable bonds is 6. The molecular weight excluding hydrogens is 228 g/mol.